The van der Waals surface area contributed by atoms with Crippen molar-refractivity contribution in [1.29, 1.82) is 0 Å². The van der Waals surface area contributed by atoms with Gasteiger partial charge in [-0.05, 0) is 27.7 Å². The van der Waals surface area contributed by atoms with Crippen molar-refractivity contribution in [2.75, 3.05) is 7.05 Å². The van der Waals surface area contributed by atoms with Crippen LogP contribution in [0.2, 0.25) is 0 Å². The molecular weight excluding hydrogens is 306 g/mol. The lowest BCUT2D eigenvalue weighted by atomic mass is 9.78. The summed E-state index contributed by atoms with van der Waals surface area (Å²) in [6.45, 7) is 8.72. The molecule has 0 aromatic heterocycles. The molecule has 0 unspecified atom stereocenters. The summed E-state index contributed by atoms with van der Waals surface area (Å²) in [7, 11) is 1.10. The highest BCUT2D eigenvalue weighted by atomic mass is 16.6. The van der Waals surface area contributed by atoms with E-state index in [1.807, 2.05) is 0 Å². The Hall–Kier alpha value is -2.12. The Kier molecular flexibility index (Phi) is 6.33. The molecule has 0 heterocycles. The van der Waals surface area contributed by atoms with Gasteiger partial charge in [-0.2, -0.15) is 0 Å². The topological polar surface area (TPSA) is 121 Å². The summed E-state index contributed by atoms with van der Waals surface area (Å²) < 4.78 is 5.09. The normalized spacial score (nSPS) is 15.5. The maximum atomic E-state index is 12.2. The van der Waals surface area contributed by atoms with Crippen LogP contribution in [0.1, 0.15) is 41.5 Å². The number of hydrogen-bond acceptors (Lipinski definition) is 5. The maximum Gasteiger partial charge on any atom is 0.411 e. The largest absolute Gasteiger partial charge is 0.481 e. The SMILES string of the molecule is CC(C)C(=O)[C@H](C(=O)O)[C@@](C)(C(=O)O)N(C)C(=O)OC(C)(C)C. The molecule has 0 rings (SSSR count). The van der Waals surface area contributed by atoms with E-state index in [1.54, 1.807) is 20.8 Å². The molecule has 0 saturated heterocycles. The summed E-state index contributed by atoms with van der Waals surface area (Å²) in [6.07, 6.45) is -1.02. The van der Waals surface area contributed by atoms with Crippen LogP contribution >= 0.6 is 0 Å². The molecule has 0 aromatic carbocycles. The van der Waals surface area contributed by atoms with E-state index in [1.165, 1.54) is 13.8 Å². The van der Waals surface area contributed by atoms with E-state index in [9.17, 15) is 29.4 Å². The summed E-state index contributed by atoms with van der Waals surface area (Å²) in [5, 5.41) is 18.9. The third-order valence-corrected chi connectivity index (χ3v) is 3.46. The fraction of sp³-hybridized carbons (Fsp3) is 0.733. The fourth-order valence-corrected chi connectivity index (χ4v) is 1.95. The number of aliphatic carboxylic acids is 2. The molecule has 8 heteroatoms. The predicted octanol–water partition coefficient (Wildman–Crippen LogP) is 1.62. The van der Waals surface area contributed by atoms with Crippen molar-refractivity contribution >= 4 is 23.8 Å². The number of Topliss-reactive ketones (excluding diaryl/α,β-unsaturated/α-hetero) is 1. The van der Waals surface area contributed by atoms with Crippen molar-refractivity contribution in [2.24, 2.45) is 11.8 Å². The van der Waals surface area contributed by atoms with E-state index in [2.05, 4.69) is 0 Å². The summed E-state index contributed by atoms with van der Waals surface area (Å²) in [5.74, 6) is -6.62. The van der Waals surface area contributed by atoms with Crippen LogP contribution in [0, 0.1) is 11.8 Å². The summed E-state index contributed by atoms with van der Waals surface area (Å²) in [6, 6.07) is 0. The van der Waals surface area contributed by atoms with Crippen LogP contribution in [0.25, 0.3) is 0 Å². The third-order valence-electron chi connectivity index (χ3n) is 3.46. The number of rotatable bonds is 6. The number of carboxylic acid groups (broad SMARTS) is 2. The highest BCUT2D eigenvalue weighted by molar-refractivity contribution is 6.06. The number of likely N-dealkylation sites (N-methyl/N-ethyl adjacent to an activating group) is 1. The molecule has 0 aliphatic carbocycles. The van der Waals surface area contributed by atoms with Gasteiger partial charge in [0.1, 0.15) is 11.5 Å². The fourth-order valence-electron chi connectivity index (χ4n) is 1.95. The van der Waals surface area contributed by atoms with Crippen LogP contribution in [-0.2, 0) is 19.1 Å². The van der Waals surface area contributed by atoms with Crippen molar-refractivity contribution in [2.45, 2.75) is 52.7 Å². The summed E-state index contributed by atoms with van der Waals surface area (Å²) in [5.41, 5.74) is -3.18. The number of carbonyl (C=O) groups is 4. The number of hydrogen-bond donors (Lipinski definition) is 2. The zero-order valence-electron chi connectivity index (χ0n) is 14.5. The standard InChI is InChI=1S/C15H25NO7/c1-8(2)10(17)9(11(18)19)15(6,12(20)21)16(7)13(22)23-14(3,4)5/h8-9H,1-7H3,(H,18,19)(H,20,21)/t9-,15+/m1/s1. The van der Waals surface area contributed by atoms with Crippen LogP contribution in [0.5, 0.6) is 0 Å². The Bertz CT molecular complexity index is 506. The molecule has 0 bridgehead atoms. The van der Waals surface area contributed by atoms with Crippen molar-refractivity contribution in [1.82, 2.24) is 4.90 Å². The van der Waals surface area contributed by atoms with E-state index in [-0.39, 0.29) is 0 Å². The Morgan fingerprint density at radius 2 is 1.43 bits per heavy atom. The Labute approximate surface area is 135 Å². The molecule has 0 radical (unpaired) electrons. The van der Waals surface area contributed by atoms with E-state index in [0.717, 1.165) is 14.0 Å². The lowest BCUT2D eigenvalue weighted by Gasteiger charge is -2.39. The van der Waals surface area contributed by atoms with Crippen LogP contribution in [0.3, 0.4) is 0 Å². The summed E-state index contributed by atoms with van der Waals surface area (Å²) in [4.78, 5) is 48.3. The first kappa shape index (κ1) is 20.9. The van der Waals surface area contributed by atoms with E-state index >= 15 is 0 Å². The molecule has 132 valence electrons. The second-order valence-electron chi connectivity index (χ2n) is 6.82. The predicted molar refractivity (Wildman–Crippen MR) is 81.0 cm³/mol. The zero-order valence-corrected chi connectivity index (χ0v) is 14.5. The number of carboxylic acids is 2. The van der Waals surface area contributed by atoms with Crippen LogP contribution in [0.4, 0.5) is 4.79 Å². The number of amides is 1. The quantitative estimate of drug-likeness (QED) is 0.709. The van der Waals surface area contributed by atoms with Gasteiger partial charge in [-0.3, -0.25) is 14.5 Å². The molecule has 0 spiro atoms. The first-order valence-electron chi connectivity index (χ1n) is 7.13. The second-order valence-corrected chi connectivity index (χ2v) is 6.82. The van der Waals surface area contributed by atoms with Gasteiger partial charge >= 0.3 is 18.0 Å². The molecule has 23 heavy (non-hydrogen) atoms. The van der Waals surface area contributed by atoms with Crippen molar-refractivity contribution in [3.8, 4) is 0 Å². The van der Waals surface area contributed by atoms with Gasteiger partial charge < -0.3 is 14.9 Å². The minimum atomic E-state index is -2.28. The number of nitrogens with zero attached hydrogens (tertiary/aromatic N) is 1. The van der Waals surface area contributed by atoms with Gasteiger partial charge in [0.2, 0.25) is 0 Å². The minimum Gasteiger partial charge on any atom is -0.481 e. The van der Waals surface area contributed by atoms with E-state index in [4.69, 9.17) is 4.74 Å². The molecule has 0 fully saturated rings. The molecule has 0 aliphatic heterocycles. The average Bonchev–Trinajstić information content (AvgIpc) is 2.34. The molecule has 2 atom stereocenters. The maximum absolute atomic E-state index is 12.2. The molecule has 0 saturated carbocycles. The van der Waals surface area contributed by atoms with Gasteiger partial charge in [-0.1, -0.05) is 13.8 Å². The molecule has 8 nitrogen and oxygen atoms in total. The number of carbonyl (C=O) groups excluding carboxylic acids is 2. The van der Waals surface area contributed by atoms with Gasteiger partial charge in [0.15, 0.2) is 11.3 Å². The Morgan fingerprint density at radius 1 is 1.00 bits per heavy atom. The van der Waals surface area contributed by atoms with Crippen LogP contribution in [-0.4, -0.2) is 57.1 Å². The molecule has 2 N–H and O–H groups in total. The molecule has 0 aliphatic rings. The van der Waals surface area contributed by atoms with Crippen molar-refractivity contribution in [3.63, 3.8) is 0 Å². The van der Waals surface area contributed by atoms with E-state index < -0.39 is 46.8 Å². The smallest absolute Gasteiger partial charge is 0.411 e. The number of ketones is 1. The first-order chi connectivity index (χ1) is 10.2. The number of ether oxygens (including phenoxy) is 1. The monoisotopic (exact) mass is 331 g/mol. The first-order valence-corrected chi connectivity index (χ1v) is 7.13. The van der Waals surface area contributed by atoms with Crippen molar-refractivity contribution < 1.29 is 34.1 Å². The van der Waals surface area contributed by atoms with E-state index in [0.29, 0.717) is 4.90 Å². The lowest BCUT2D eigenvalue weighted by Crippen LogP contribution is -2.63. The van der Waals surface area contributed by atoms with Crippen LogP contribution < -0.4 is 0 Å². The van der Waals surface area contributed by atoms with Gasteiger partial charge in [0, 0.05) is 13.0 Å². The molecule has 0 aromatic rings. The van der Waals surface area contributed by atoms with Crippen molar-refractivity contribution in [3.05, 3.63) is 0 Å². The zero-order chi connectivity index (χ0) is 18.7. The Balaban J connectivity index is 5.97. The second kappa shape index (κ2) is 6.97. The minimum absolute atomic E-state index is 0.652. The Morgan fingerprint density at radius 3 is 1.70 bits per heavy atom. The van der Waals surface area contributed by atoms with Gasteiger partial charge in [0.25, 0.3) is 0 Å². The molecular formula is C15H25NO7. The van der Waals surface area contributed by atoms with Crippen LogP contribution in [0.15, 0.2) is 0 Å². The highest BCUT2D eigenvalue weighted by Gasteiger charge is 2.55. The highest BCUT2D eigenvalue weighted by Crippen LogP contribution is 2.29. The van der Waals surface area contributed by atoms with Gasteiger partial charge in [-0.25, -0.2) is 9.59 Å². The van der Waals surface area contributed by atoms with Gasteiger partial charge in [0.05, 0.1) is 0 Å². The molecule has 1 amide bonds. The van der Waals surface area contributed by atoms with Gasteiger partial charge in [-0.15, -0.1) is 0 Å². The third kappa shape index (κ3) is 4.67. The lowest BCUT2D eigenvalue weighted by molar-refractivity contribution is -0.166. The average molecular weight is 331 g/mol. The summed E-state index contributed by atoms with van der Waals surface area (Å²) >= 11 is 0.